The van der Waals surface area contributed by atoms with Crippen LogP contribution in [-0.2, 0) is 17.1 Å². The van der Waals surface area contributed by atoms with Crippen molar-refractivity contribution in [1.82, 2.24) is 0 Å². The first-order chi connectivity index (χ1) is 1.73. The van der Waals surface area contributed by atoms with Crippen molar-refractivity contribution in [1.29, 1.82) is 0 Å². The van der Waals surface area contributed by atoms with Gasteiger partial charge in [0, 0.05) is 0 Å². The van der Waals surface area contributed by atoms with Crippen LogP contribution in [0.2, 0.25) is 0 Å². The Morgan fingerprint density at radius 2 is 1.40 bits per heavy atom. The van der Waals surface area contributed by atoms with Crippen LogP contribution >= 0.6 is 8.60 Å². The van der Waals surface area contributed by atoms with Gasteiger partial charge in [0.05, 0.1) is 0 Å². The molecule has 0 saturated heterocycles. The summed E-state index contributed by atoms with van der Waals surface area (Å²) in [5, 5.41) is 0. The van der Waals surface area contributed by atoms with Crippen LogP contribution in [0.3, 0.4) is 0 Å². The summed E-state index contributed by atoms with van der Waals surface area (Å²) >= 11 is 0. The molecule has 0 aliphatic heterocycles. The van der Waals surface area contributed by atoms with Gasteiger partial charge in [-0.25, -0.2) is 0 Å². The largest absolute Gasteiger partial charge is 2.00 e. The molecule has 0 unspecified atom stereocenters. The van der Waals surface area contributed by atoms with Crippen LogP contribution in [0.5, 0.6) is 0 Å². The van der Waals surface area contributed by atoms with Gasteiger partial charge in [0.15, 0.2) is 0 Å². The second kappa shape index (κ2) is 4.83. The summed E-state index contributed by atoms with van der Waals surface area (Å²) < 4.78 is 0. The fourth-order valence-electron chi connectivity index (χ4n) is 0. The van der Waals surface area contributed by atoms with Crippen LogP contribution in [0.25, 0.3) is 0 Å². The predicted octanol–water partition coefficient (Wildman–Crippen LogP) is -2.08. The van der Waals surface area contributed by atoms with Crippen molar-refractivity contribution in [3.8, 4) is 0 Å². The Bertz CT molecular complexity index is 11.6. The van der Waals surface area contributed by atoms with Gasteiger partial charge in [-0.1, -0.05) is 0 Å². The van der Waals surface area contributed by atoms with E-state index in [0.29, 0.717) is 0 Å². The fraction of sp³-hybridized carbons (Fsp3) is 0. The topological polar surface area (TPSA) is 66.3 Å². The van der Waals surface area contributed by atoms with Gasteiger partial charge in [-0.15, -0.1) is 0 Å². The zero-order valence-corrected chi connectivity index (χ0v) is 4.16. The SMILES string of the molecule is [Mn+2].[O-]P([O-])O. The van der Waals surface area contributed by atoms with Crippen molar-refractivity contribution in [2.45, 2.75) is 0 Å². The third-order valence-electron chi connectivity index (χ3n) is 0. The second-order valence-electron chi connectivity index (χ2n) is 0.238. The average molecular weight is 135 g/mol. The Morgan fingerprint density at radius 3 is 1.40 bits per heavy atom. The third kappa shape index (κ3) is 56.2. The van der Waals surface area contributed by atoms with Crippen molar-refractivity contribution in [3.05, 3.63) is 0 Å². The molecule has 1 N–H and O–H groups in total. The van der Waals surface area contributed by atoms with Crippen molar-refractivity contribution in [2.24, 2.45) is 0 Å². The van der Waals surface area contributed by atoms with E-state index in [9.17, 15) is 0 Å². The standard InChI is InChI=1S/Mn.HO3P/c;1-4(2)3/h;1H/q+2;-2. The van der Waals surface area contributed by atoms with Crippen LogP contribution in [-0.4, -0.2) is 4.89 Å². The summed E-state index contributed by atoms with van der Waals surface area (Å²) in [6.45, 7) is 0. The maximum Gasteiger partial charge on any atom is 2.00 e. The second-order valence-corrected chi connectivity index (χ2v) is 0.714. The molecule has 0 aliphatic rings. The number of hydrogen-bond donors (Lipinski definition) is 1. The van der Waals surface area contributed by atoms with Crippen molar-refractivity contribution >= 4 is 8.60 Å². The summed E-state index contributed by atoms with van der Waals surface area (Å²) in [5.41, 5.74) is 0. The maximum atomic E-state index is 8.59. The van der Waals surface area contributed by atoms with E-state index < -0.39 is 8.60 Å². The zero-order chi connectivity index (χ0) is 3.58. The van der Waals surface area contributed by atoms with Crippen LogP contribution in [0.1, 0.15) is 0 Å². The molecule has 0 aromatic heterocycles. The van der Waals surface area contributed by atoms with Gasteiger partial charge in [-0.05, 0) is 0 Å². The molecule has 0 aromatic carbocycles. The molecular formula is HMnO3P. The van der Waals surface area contributed by atoms with Crippen LogP contribution < -0.4 is 9.79 Å². The molecule has 0 atom stereocenters. The number of hydrogen-bond acceptors (Lipinski definition) is 3. The summed E-state index contributed by atoms with van der Waals surface area (Å²) in [6, 6.07) is 0. The molecule has 0 aliphatic carbocycles. The minimum atomic E-state index is -3.12. The van der Waals surface area contributed by atoms with Crippen molar-refractivity contribution < 1.29 is 31.7 Å². The van der Waals surface area contributed by atoms with Crippen molar-refractivity contribution in [2.75, 3.05) is 0 Å². The van der Waals surface area contributed by atoms with Gasteiger partial charge in [0.2, 0.25) is 0 Å². The van der Waals surface area contributed by atoms with Crippen molar-refractivity contribution in [3.63, 3.8) is 0 Å². The normalized spacial score (nSPS) is 7.20. The molecule has 0 heterocycles. The van der Waals surface area contributed by atoms with E-state index >= 15 is 0 Å². The molecule has 3 nitrogen and oxygen atoms in total. The van der Waals surface area contributed by atoms with Crippen LogP contribution in [0, 0.1) is 0 Å². The Hall–Kier alpha value is 0.829. The Labute approximate surface area is 41.1 Å². The third-order valence-corrected chi connectivity index (χ3v) is 0. The molecule has 5 heteroatoms. The summed E-state index contributed by atoms with van der Waals surface area (Å²) in [4.78, 5) is 24.2. The fourth-order valence-corrected chi connectivity index (χ4v) is 0. The Balaban J connectivity index is 0. The molecular weight excluding hydrogens is 134 g/mol. The summed E-state index contributed by atoms with van der Waals surface area (Å²) in [6.07, 6.45) is 0. The molecule has 0 aromatic rings. The first kappa shape index (κ1) is 9.27. The summed E-state index contributed by atoms with van der Waals surface area (Å²) in [7, 11) is -3.12. The van der Waals surface area contributed by atoms with E-state index in [1.165, 1.54) is 0 Å². The molecule has 31 valence electrons. The maximum absolute atomic E-state index is 8.59. The van der Waals surface area contributed by atoms with E-state index in [1.807, 2.05) is 0 Å². The average Bonchev–Trinajstić information content (AvgIpc) is 0.811. The monoisotopic (exact) mass is 135 g/mol. The van der Waals surface area contributed by atoms with E-state index in [-0.39, 0.29) is 17.1 Å². The molecule has 1 radical (unpaired) electrons. The molecule has 0 bridgehead atoms. The minimum absolute atomic E-state index is 0. The molecule has 0 amide bonds. The predicted molar refractivity (Wildman–Crippen MR) is 9.14 cm³/mol. The van der Waals surface area contributed by atoms with E-state index in [4.69, 9.17) is 14.7 Å². The Kier molecular flexibility index (Phi) is 8.96. The quantitative estimate of drug-likeness (QED) is 0.306. The van der Waals surface area contributed by atoms with Gasteiger partial charge in [0.1, 0.15) is 0 Å². The van der Waals surface area contributed by atoms with E-state index in [1.54, 1.807) is 0 Å². The first-order valence-corrected chi connectivity index (χ1v) is 1.70. The molecule has 5 heavy (non-hydrogen) atoms. The molecule has 0 spiro atoms. The molecule has 0 saturated carbocycles. The molecule has 0 rings (SSSR count). The van der Waals surface area contributed by atoms with E-state index in [2.05, 4.69) is 0 Å². The van der Waals surface area contributed by atoms with Crippen LogP contribution in [0.4, 0.5) is 0 Å². The van der Waals surface area contributed by atoms with Crippen LogP contribution in [0.15, 0.2) is 0 Å². The number of rotatable bonds is 0. The minimum Gasteiger partial charge on any atom is -0.820 e. The van der Waals surface area contributed by atoms with Gasteiger partial charge in [0.25, 0.3) is 0 Å². The first-order valence-electron chi connectivity index (χ1n) is 0.565. The van der Waals surface area contributed by atoms with Gasteiger partial charge >= 0.3 is 17.1 Å². The van der Waals surface area contributed by atoms with Gasteiger partial charge in [-0.2, -0.15) is 8.60 Å². The zero-order valence-electron chi connectivity index (χ0n) is 2.09. The summed E-state index contributed by atoms with van der Waals surface area (Å²) in [5.74, 6) is 0. The Morgan fingerprint density at radius 1 is 1.40 bits per heavy atom. The van der Waals surface area contributed by atoms with E-state index in [0.717, 1.165) is 0 Å². The van der Waals surface area contributed by atoms with Gasteiger partial charge < -0.3 is 14.7 Å². The smallest absolute Gasteiger partial charge is 0.820 e. The molecule has 0 fully saturated rings. The van der Waals surface area contributed by atoms with Gasteiger partial charge in [-0.3, -0.25) is 0 Å².